The average Bonchev–Trinajstić information content (AvgIpc) is 2.84. The van der Waals surface area contributed by atoms with Crippen molar-refractivity contribution in [1.29, 1.82) is 0 Å². The SMILES string of the molecule is CC(C)(Cc1ccc(NC(=O)CCCNC(=O)C[N+](C)(C)C)cc1)NCC(O)c1cc(O)cc2c1OCC(=O)N2.[Cl-]. The van der Waals surface area contributed by atoms with Crippen molar-refractivity contribution in [1.82, 2.24) is 10.6 Å². The van der Waals surface area contributed by atoms with Crippen LogP contribution in [0.5, 0.6) is 11.5 Å². The number of fused-ring (bicyclic) bond motifs is 1. The van der Waals surface area contributed by atoms with Gasteiger partial charge in [0, 0.05) is 42.4 Å². The van der Waals surface area contributed by atoms with Crippen LogP contribution in [0.4, 0.5) is 11.4 Å². The second-order valence-electron chi connectivity index (χ2n) is 11.9. The number of rotatable bonds is 13. The van der Waals surface area contributed by atoms with Crippen molar-refractivity contribution in [2.24, 2.45) is 0 Å². The number of hydrogen-bond acceptors (Lipinski definition) is 7. The standard InChI is InChI=1S/C29H41N5O6.ClH/c1-29(2,31-16-24(36)22-13-21(35)14-23-28(22)40-18-27(39)33-23)15-19-8-10-20(11-9-19)32-25(37)7-6-12-30-26(38)17-34(3,4)5;/h8-11,13-14,24,31,36H,6-7,12,15-18H2,1-5H3,(H3-,30,32,33,35,37,38,39);1H. The Labute approximate surface area is 247 Å². The first-order valence-corrected chi connectivity index (χ1v) is 13.4. The molecule has 226 valence electrons. The fourth-order valence-corrected chi connectivity index (χ4v) is 4.41. The average molecular weight is 592 g/mol. The Morgan fingerprint density at radius 1 is 1.12 bits per heavy atom. The summed E-state index contributed by atoms with van der Waals surface area (Å²) in [6, 6.07) is 10.4. The van der Waals surface area contributed by atoms with Gasteiger partial charge in [-0.3, -0.25) is 14.4 Å². The Morgan fingerprint density at radius 2 is 1.80 bits per heavy atom. The molecule has 0 bridgehead atoms. The molecule has 6 N–H and O–H groups in total. The van der Waals surface area contributed by atoms with Gasteiger partial charge in [-0.25, -0.2) is 0 Å². The first-order valence-electron chi connectivity index (χ1n) is 13.4. The number of hydrogen-bond donors (Lipinski definition) is 6. The summed E-state index contributed by atoms with van der Waals surface area (Å²) >= 11 is 0. The van der Waals surface area contributed by atoms with E-state index < -0.39 is 6.10 Å². The molecule has 2 aromatic rings. The molecule has 3 amide bonds. The first kappa shape index (κ1) is 33.8. The van der Waals surface area contributed by atoms with Gasteiger partial charge in [-0.15, -0.1) is 0 Å². The number of phenols is 1. The van der Waals surface area contributed by atoms with E-state index in [1.165, 1.54) is 12.1 Å². The Morgan fingerprint density at radius 3 is 2.46 bits per heavy atom. The maximum Gasteiger partial charge on any atom is 0.275 e. The molecule has 2 aromatic carbocycles. The van der Waals surface area contributed by atoms with Gasteiger partial charge >= 0.3 is 0 Å². The van der Waals surface area contributed by atoms with Gasteiger partial charge in [-0.05, 0) is 50.5 Å². The predicted octanol–water partition coefficient (Wildman–Crippen LogP) is -1.09. The maximum absolute atomic E-state index is 12.3. The third-order valence-corrected chi connectivity index (χ3v) is 6.26. The van der Waals surface area contributed by atoms with Crippen LogP contribution >= 0.6 is 0 Å². The normalized spacial score (nSPS) is 13.7. The first-order chi connectivity index (χ1) is 18.7. The summed E-state index contributed by atoms with van der Waals surface area (Å²) in [4.78, 5) is 35.8. The van der Waals surface area contributed by atoms with Gasteiger partial charge in [0.2, 0.25) is 5.91 Å². The smallest absolute Gasteiger partial charge is 0.275 e. The molecule has 0 saturated carbocycles. The number of nitrogens with one attached hydrogen (secondary N) is 4. The van der Waals surface area contributed by atoms with Gasteiger partial charge in [-0.1, -0.05) is 12.1 Å². The fraction of sp³-hybridized carbons (Fsp3) is 0.483. The highest BCUT2D eigenvalue weighted by atomic mass is 35.5. The van der Waals surface area contributed by atoms with Gasteiger partial charge < -0.3 is 53.1 Å². The molecule has 0 saturated heterocycles. The molecule has 11 nitrogen and oxygen atoms in total. The number of quaternary nitrogens is 1. The lowest BCUT2D eigenvalue weighted by Gasteiger charge is -2.29. The van der Waals surface area contributed by atoms with Crippen LogP contribution in [-0.2, 0) is 20.8 Å². The molecule has 1 unspecified atom stereocenters. The topological polar surface area (TPSA) is 149 Å². The summed E-state index contributed by atoms with van der Waals surface area (Å²) < 4.78 is 6.05. The summed E-state index contributed by atoms with van der Waals surface area (Å²) in [7, 11) is 5.85. The molecule has 1 heterocycles. The summed E-state index contributed by atoms with van der Waals surface area (Å²) in [6.07, 6.45) is 0.556. The molecule has 1 aliphatic rings. The molecule has 3 rings (SSSR count). The number of halogens is 1. The van der Waals surface area contributed by atoms with Crippen LogP contribution < -0.4 is 38.4 Å². The minimum absolute atomic E-state index is 0. The zero-order chi connectivity index (χ0) is 29.5. The van der Waals surface area contributed by atoms with E-state index in [1.807, 2.05) is 59.3 Å². The number of aromatic hydroxyl groups is 1. The lowest BCUT2D eigenvalue weighted by atomic mass is 9.94. The van der Waals surface area contributed by atoms with Crippen molar-refractivity contribution in [3.8, 4) is 11.5 Å². The molecule has 41 heavy (non-hydrogen) atoms. The second-order valence-corrected chi connectivity index (χ2v) is 11.9. The van der Waals surface area contributed by atoms with Gasteiger partial charge in [0.05, 0.1) is 32.9 Å². The minimum atomic E-state index is -0.973. The molecule has 0 spiro atoms. The third-order valence-electron chi connectivity index (χ3n) is 6.26. The second kappa shape index (κ2) is 14.5. The van der Waals surface area contributed by atoms with E-state index in [9.17, 15) is 24.6 Å². The number of aliphatic hydroxyl groups is 1. The van der Waals surface area contributed by atoms with Crippen molar-refractivity contribution in [3.63, 3.8) is 0 Å². The molecular formula is C29H42ClN5O6. The number of carbonyl (C=O) groups is 3. The van der Waals surface area contributed by atoms with Crippen molar-refractivity contribution in [2.75, 3.05) is 58.0 Å². The number of carbonyl (C=O) groups excluding carboxylic acids is 3. The summed E-state index contributed by atoms with van der Waals surface area (Å²) in [5.74, 6) is -0.182. The van der Waals surface area contributed by atoms with Crippen molar-refractivity contribution in [3.05, 3.63) is 47.5 Å². The minimum Gasteiger partial charge on any atom is -1.00 e. The van der Waals surface area contributed by atoms with E-state index >= 15 is 0 Å². The molecule has 0 aliphatic carbocycles. The maximum atomic E-state index is 12.3. The van der Waals surface area contributed by atoms with Gasteiger partial charge in [0.15, 0.2) is 13.2 Å². The molecule has 1 aliphatic heterocycles. The van der Waals surface area contributed by atoms with Crippen molar-refractivity contribution >= 4 is 29.1 Å². The molecule has 0 aromatic heterocycles. The molecule has 0 radical (unpaired) electrons. The van der Waals surface area contributed by atoms with Crippen molar-refractivity contribution < 1.29 is 46.2 Å². The zero-order valence-corrected chi connectivity index (χ0v) is 25.1. The van der Waals surface area contributed by atoms with Crippen molar-refractivity contribution in [2.45, 2.75) is 44.8 Å². The van der Waals surface area contributed by atoms with E-state index in [4.69, 9.17) is 4.74 Å². The monoisotopic (exact) mass is 591 g/mol. The van der Waals surface area contributed by atoms with Crippen LogP contribution in [0.25, 0.3) is 0 Å². The number of anilines is 2. The van der Waals surface area contributed by atoms with E-state index in [1.54, 1.807) is 0 Å². The van der Waals surface area contributed by atoms with E-state index in [0.717, 1.165) is 5.56 Å². The number of benzene rings is 2. The van der Waals surface area contributed by atoms with Crippen LogP contribution in [0, 0.1) is 0 Å². The Bertz CT molecular complexity index is 1210. The zero-order valence-electron chi connectivity index (χ0n) is 24.3. The number of nitrogens with zero attached hydrogens (tertiary/aromatic N) is 1. The number of ether oxygens (including phenoxy) is 1. The molecule has 12 heteroatoms. The van der Waals surface area contributed by atoms with Crippen LogP contribution in [0.1, 0.15) is 43.9 Å². The number of phenolic OH excluding ortho intramolecular Hbond substituents is 1. The van der Waals surface area contributed by atoms with E-state index in [2.05, 4.69) is 21.3 Å². The quantitative estimate of drug-likeness (QED) is 0.128. The molecule has 0 fully saturated rings. The molecule has 1 atom stereocenters. The molecular weight excluding hydrogens is 550 g/mol. The largest absolute Gasteiger partial charge is 1.00 e. The van der Waals surface area contributed by atoms with Gasteiger partial charge in [0.25, 0.3) is 11.8 Å². The Kier molecular flexibility index (Phi) is 12.0. The summed E-state index contributed by atoms with van der Waals surface area (Å²) in [6.45, 7) is 4.93. The third kappa shape index (κ3) is 11.2. The lowest BCUT2D eigenvalue weighted by molar-refractivity contribution is -0.862. The van der Waals surface area contributed by atoms with Gasteiger partial charge in [-0.2, -0.15) is 0 Å². The number of likely N-dealkylation sites (N-methyl/N-ethyl adjacent to an activating group) is 1. The highest BCUT2D eigenvalue weighted by Gasteiger charge is 2.26. The Hall–Kier alpha value is -3.38. The highest BCUT2D eigenvalue weighted by Crippen LogP contribution is 2.38. The lowest BCUT2D eigenvalue weighted by Crippen LogP contribution is -3.00. The van der Waals surface area contributed by atoms with Crippen LogP contribution in [0.3, 0.4) is 0 Å². The fourth-order valence-electron chi connectivity index (χ4n) is 4.41. The number of amides is 3. The number of aliphatic hydroxyl groups excluding tert-OH is 1. The van der Waals surface area contributed by atoms with E-state index in [0.29, 0.717) is 59.5 Å². The summed E-state index contributed by atoms with van der Waals surface area (Å²) in [5.41, 5.74) is 2.09. The van der Waals surface area contributed by atoms with Crippen LogP contribution in [0.2, 0.25) is 0 Å². The highest BCUT2D eigenvalue weighted by molar-refractivity contribution is 5.96. The van der Waals surface area contributed by atoms with Crippen LogP contribution in [-0.4, -0.2) is 85.3 Å². The van der Waals surface area contributed by atoms with Gasteiger partial charge in [0.1, 0.15) is 11.5 Å². The number of β-amino-alcohol motifs (C(OH)–C–C–N with tert-alkyl or cyclic N) is 1. The summed E-state index contributed by atoms with van der Waals surface area (Å²) in [5, 5.41) is 32.6. The Balaban J connectivity index is 0.00000588. The van der Waals surface area contributed by atoms with E-state index in [-0.39, 0.29) is 54.6 Å². The van der Waals surface area contributed by atoms with Crippen LogP contribution in [0.15, 0.2) is 36.4 Å². The predicted molar refractivity (Wildman–Crippen MR) is 153 cm³/mol.